The van der Waals surface area contributed by atoms with E-state index in [-0.39, 0.29) is 55.9 Å². The first-order valence-corrected chi connectivity index (χ1v) is 22.7. The molecule has 3 fully saturated rings. The number of alkyl halides is 3. The number of nitrogens with one attached hydrogen (secondary N) is 1. The van der Waals surface area contributed by atoms with Crippen LogP contribution in [0.3, 0.4) is 0 Å². The van der Waals surface area contributed by atoms with Crippen molar-refractivity contribution in [3.05, 3.63) is 42.1 Å². The third-order valence-corrected chi connectivity index (χ3v) is 13.9. The van der Waals surface area contributed by atoms with Gasteiger partial charge in [0.25, 0.3) is 6.01 Å². The Bertz CT molecular complexity index is 2340. The molecule has 0 bridgehead atoms. The van der Waals surface area contributed by atoms with Crippen molar-refractivity contribution in [2.24, 2.45) is 24.3 Å². The molecule has 14 nitrogen and oxygen atoms in total. The number of Topliss-reactive ketones (excluding diaryl/α,β-unsaturated/α-hetero) is 1. The minimum Gasteiger partial charge on any atom is -0.460 e. The van der Waals surface area contributed by atoms with Crippen LogP contribution < -0.4 is 9.46 Å². The van der Waals surface area contributed by atoms with Crippen LogP contribution in [-0.2, 0) is 47.2 Å². The van der Waals surface area contributed by atoms with Gasteiger partial charge in [-0.3, -0.25) is 33.1 Å². The molecule has 0 spiro atoms. The molecule has 0 radical (unpaired) electrons. The number of esters is 1. The Morgan fingerprint density at radius 2 is 1.80 bits per heavy atom. The molecule has 0 unspecified atom stereocenters. The fraction of sp³-hybridized carbons (Fsp3) is 0.628. The second kappa shape index (κ2) is 16.5. The topological polar surface area (TPSA) is 172 Å². The van der Waals surface area contributed by atoms with Crippen molar-refractivity contribution >= 4 is 44.6 Å². The van der Waals surface area contributed by atoms with E-state index in [1.54, 1.807) is 43.5 Å². The first-order valence-electron chi connectivity index (χ1n) is 21.1. The Kier molecular flexibility index (Phi) is 12.0. The number of hydrogen-bond donors (Lipinski definition) is 1. The molecule has 2 aromatic heterocycles. The first kappa shape index (κ1) is 44.3. The Labute approximate surface area is 353 Å². The number of carbonyl (C=O) groups is 4. The van der Waals surface area contributed by atoms with Gasteiger partial charge in [-0.25, -0.2) is 8.42 Å². The highest BCUT2D eigenvalue weighted by molar-refractivity contribution is 7.90. The number of hydrogen-bond acceptors (Lipinski definition) is 10. The number of ether oxygens (including phenoxy) is 2. The van der Waals surface area contributed by atoms with Gasteiger partial charge in [0.05, 0.1) is 40.9 Å². The number of fused-ring (bicyclic) bond motifs is 3. The molecule has 61 heavy (non-hydrogen) atoms. The molecular formula is C43H55F3N6O8S. The van der Waals surface area contributed by atoms with Gasteiger partial charge in [0.2, 0.25) is 21.8 Å². The van der Waals surface area contributed by atoms with Gasteiger partial charge in [-0.05, 0) is 91.2 Å². The van der Waals surface area contributed by atoms with E-state index in [1.807, 2.05) is 26.0 Å². The van der Waals surface area contributed by atoms with Crippen molar-refractivity contribution in [3.8, 4) is 17.3 Å². The van der Waals surface area contributed by atoms with Gasteiger partial charge in [0, 0.05) is 37.4 Å². The fourth-order valence-electron chi connectivity index (χ4n) is 8.80. The zero-order valence-electron chi connectivity index (χ0n) is 35.5. The van der Waals surface area contributed by atoms with Crippen LogP contribution >= 0.6 is 0 Å². The van der Waals surface area contributed by atoms with Crippen LogP contribution in [0.4, 0.5) is 13.2 Å². The van der Waals surface area contributed by atoms with Crippen LogP contribution in [0.1, 0.15) is 117 Å². The Balaban J connectivity index is 1.23. The molecule has 3 aromatic rings. The number of nitrogens with zero attached hydrogens (tertiary/aromatic N) is 5. The molecule has 4 aliphatic rings. The largest absolute Gasteiger partial charge is 0.460 e. The van der Waals surface area contributed by atoms with Gasteiger partial charge < -0.3 is 14.4 Å². The maximum atomic E-state index is 14.7. The van der Waals surface area contributed by atoms with E-state index >= 15 is 0 Å². The van der Waals surface area contributed by atoms with Crippen molar-refractivity contribution < 1.29 is 50.2 Å². The third-order valence-electron chi connectivity index (χ3n) is 12.1. The Morgan fingerprint density at radius 3 is 2.46 bits per heavy atom. The maximum absolute atomic E-state index is 14.7. The smallest absolute Gasteiger partial charge is 0.435 e. The molecule has 1 saturated heterocycles. The molecule has 4 heterocycles. The summed E-state index contributed by atoms with van der Waals surface area (Å²) in [7, 11) is -2.49. The molecular weight excluding hydrogens is 818 g/mol. The van der Waals surface area contributed by atoms with E-state index in [4.69, 9.17) is 14.5 Å². The fourth-order valence-corrected chi connectivity index (χ4v) is 10.2. The monoisotopic (exact) mass is 872 g/mol. The van der Waals surface area contributed by atoms with E-state index in [9.17, 15) is 40.8 Å². The summed E-state index contributed by atoms with van der Waals surface area (Å²) < 4.78 is 84.4. The lowest BCUT2D eigenvalue weighted by Gasteiger charge is -2.29. The van der Waals surface area contributed by atoms with Gasteiger partial charge in [0.15, 0.2) is 11.5 Å². The highest BCUT2D eigenvalue weighted by Gasteiger charge is 2.61. The van der Waals surface area contributed by atoms with E-state index < -0.39 is 79.8 Å². The maximum Gasteiger partial charge on any atom is 0.435 e. The molecule has 7 rings (SSSR count). The second-order valence-electron chi connectivity index (χ2n) is 18.4. The van der Waals surface area contributed by atoms with Crippen LogP contribution in [0.2, 0.25) is 0 Å². The number of para-hydroxylation sites is 1. The van der Waals surface area contributed by atoms with Crippen molar-refractivity contribution in [1.82, 2.24) is 29.0 Å². The van der Waals surface area contributed by atoms with E-state index in [0.29, 0.717) is 48.7 Å². The van der Waals surface area contributed by atoms with Gasteiger partial charge in [-0.15, -0.1) is 0 Å². The lowest BCUT2D eigenvalue weighted by molar-refractivity contribution is -0.159. The second-order valence-corrected chi connectivity index (χ2v) is 20.3. The SMILES string of the molecule is CC(C)n1c(O[C@@H]2C[C@H]3C(=O)C[C@]4(C(=O)NS(=O)(=O)C5CC5)C[C@H]4/C=C\CCCCC[C@H](CC(=O)OC(C)(C)C)C(=O)N3C2)nc2c(-c3cc(C(F)(F)F)nn3C)cccc21. The van der Waals surface area contributed by atoms with Crippen molar-refractivity contribution in [3.63, 3.8) is 0 Å². The van der Waals surface area contributed by atoms with Crippen LogP contribution in [0.15, 0.2) is 36.4 Å². The van der Waals surface area contributed by atoms with E-state index in [2.05, 4.69) is 9.82 Å². The van der Waals surface area contributed by atoms with Crippen LogP contribution in [0, 0.1) is 17.3 Å². The summed E-state index contributed by atoms with van der Waals surface area (Å²) in [6, 6.07) is 4.90. The molecule has 2 aliphatic carbocycles. The number of imidazole rings is 1. The molecule has 5 atom stereocenters. The molecule has 2 saturated carbocycles. The molecule has 2 amide bonds. The number of aryl methyl sites for hydroxylation is 1. The zero-order chi connectivity index (χ0) is 44.2. The summed E-state index contributed by atoms with van der Waals surface area (Å²) in [5.41, 5.74) is -1.64. The van der Waals surface area contributed by atoms with Gasteiger partial charge in [-0.2, -0.15) is 23.3 Å². The van der Waals surface area contributed by atoms with Crippen LogP contribution in [-0.4, -0.2) is 85.8 Å². The molecule has 18 heteroatoms. The normalized spacial score (nSPS) is 26.0. The van der Waals surface area contributed by atoms with Crippen molar-refractivity contribution in [2.45, 2.75) is 140 Å². The van der Waals surface area contributed by atoms with Gasteiger partial charge in [-0.1, -0.05) is 37.1 Å². The van der Waals surface area contributed by atoms with Crippen molar-refractivity contribution in [1.29, 1.82) is 0 Å². The lowest BCUT2D eigenvalue weighted by Crippen LogP contribution is -2.46. The van der Waals surface area contributed by atoms with Crippen LogP contribution in [0.25, 0.3) is 22.3 Å². The highest BCUT2D eigenvalue weighted by atomic mass is 32.2. The number of sulfonamides is 1. The predicted octanol–water partition coefficient (Wildman–Crippen LogP) is 6.83. The number of allylic oxidation sites excluding steroid dienone is 2. The lowest BCUT2D eigenvalue weighted by atomic mass is 9.90. The average Bonchev–Trinajstić information content (AvgIpc) is 4.00. The molecule has 1 aromatic carbocycles. The summed E-state index contributed by atoms with van der Waals surface area (Å²) in [5, 5.41) is 3.04. The summed E-state index contributed by atoms with van der Waals surface area (Å²) in [6.45, 7) is 8.95. The first-order chi connectivity index (χ1) is 28.6. The quantitative estimate of drug-likeness (QED) is 0.178. The summed E-state index contributed by atoms with van der Waals surface area (Å²) in [6.07, 6.45) is 2.30. The molecule has 332 valence electrons. The number of halogens is 3. The Hall–Kier alpha value is -4.74. The number of amides is 2. The van der Waals surface area contributed by atoms with Gasteiger partial charge >= 0.3 is 12.1 Å². The molecule has 2 aliphatic heterocycles. The van der Waals surface area contributed by atoms with Crippen LogP contribution in [0.5, 0.6) is 6.01 Å². The highest BCUT2D eigenvalue weighted by Crippen LogP contribution is 2.57. The number of rotatable bonds is 9. The Morgan fingerprint density at radius 1 is 1.07 bits per heavy atom. The summed E-state index contributed by atoms with van der Waals surface area (Å²) in [5.74, 6) is -3.33. The number of ketones is 1. The number of aromatic nitrogens is 4. The van der Waals surface area contributed by atoms with E-state index in [1.165, 1.54) is 11.9 Å². The minimum atomic E-state index is -4.66. The minimum absolute atomic E-state index is 0.00708. The summed E-state index contributed by atoms with van der Waals surface area (Å²) in [4.78, 5) is 62.7. The molecule has 1 N–H and O–H groups in total. The average molecular weight is 873 g/mol. The third kappa shape index (κ3) is 9.53. The number of carbonyl (C=O) groups excluding carboxylic acids is 4. The van der Waals surface area contributed by atoms with Crippen molar-refractivity contribution in [2.75, 3.05) is 6.54 Å². The zero-order valence-corrected chi connectivity index (χ0v) is 36.3. The van der Waals surface area contributed by atoms with Gasteiger partial charge in [0.1, 0.15) is 17.2 Å². The van der Waals surface area contributed by atoms with E-state index in [0.717, 1.165) is 23.6 Å². The standard InChI is InChI=1S/C43H55F3N6O8S/c1-25(2)52-31-16-12-15-30(32-21-35(43(44,45)46)48-50(32)6)37(31)47-40(52)59-28-20-33-34(53)23-42(39(56)49-61(57,58)29-17-18-29)22-27(42)14-11-9-7-8-10-13-26(38(55)51(33)24-28)19-36(54)60-41(3,4)5/h11-12,14-16,21,25-29,33H,7-10,13,17-20,22-24H2,1-6H3,(H,49,56)/b14-11-/t26-,27-,28-,33+,42-/m1/s1. The number of benzene rings is 1. The summed E-state index contributed by atoms with van der Waals surface area (Å²) >= 11 is 0. The predicted molar refractivity (Wildman–Crippen MR) is 218 cm³/mol.